The molecule has 0 aliphatic carbocycles. The Balaban J connectivity index is 2.39. The Morgan fingerprint density at radius 2 is 1.95 bits per heavy atom. The second-order valence-corrected chi connectivity index (χ2v) is 5.26. The monoisotopic (exact) mass is 286 g/mol. The largest absolute Gasteiger partial charge is 0.465 e. The van der Waals surface area contributed by atoms with Crippen molar-refractivity contribution in [3.05, 3.63) is 0 Å². The molecule has 0 aromatic rings. The number of hydrogen-bond donors (Lipinski definition) is 1. The maximum absolute atomic E-state index is 12.0. The number of hydrogen-bond acceptors (Lipinski definition) is 5. The quantitative estimate of drug-likeness (QED) is 0.692. The van der Waals surface area contributed by atoms with Crippen LogP contribution in [0.25, 0.3) is 0 Å². The summed E-state index contributed by atoms with van der Waals surface area (Å²) < 4.78 is 10.2. The van der Waals surface area contributed by atoms with Gasteiger partial charge in [0.25, 0.3) is 0 Å². The molecule has 1 heterocycles. The minimum Gasteiger partial charge on any atom is -0.465 e. The molecule has 1 aliphatic heterocycles. The Morgan fingerprint density at radius 1 is 1.30 bits per heavy atom. The molecule has 0 bridgehead atoms. The first-order chi connectivity index (χ1) is 9.52. The van der Waals surface area contributed by atoms with Crippen molar-refractivity contribution in [3.8, 4) is 0 Å². The summed E-state index contributed by atoms with van der Waals surface area (Å²) in [5.41, 5.74) is 0. The normalized spacial score (nSPS) is 16.4. The van der Waals surface area contributed by atoms with Gasteiger partial charge in [-0.15, -0.1) is 0 Å². The molecule has 0 radical (unpaired) electrons. The van der Waals surface area contributed by atoms with Gasteiger partial charge in [0.1, 0.15) is 0 Å². The van der Waals surface area contributed by atoms with Crippen molar-refractivity contribution in [2.75, 3.05) is 32.9 Å². The van der Waals surface area contributed by atoms with Crippen LogP contribution in [0, 0.1) is 0 Å². The molecule has 0 aromatic heterocycles. The average molecular weight is 286 g/mol. The van der Waals surface area contributed by atoms with Crippen molar-refractivity contribution in [1.82, 2.24) is 10.2 Å². The standard InChI is InChI=1S/C14H26N2O4/c1-4-20-14(18)10-16(11(2)3)9-13(17)15-12-5-7-19-8-6-12/h11-12H,4-10H2,1-3H3,(H,15,17). The van der Waals surface area contributed by atoms with E-state index in [9.17, 15) is 9.59 Å². The summed E-state index contributed by atoms with van der Waals surface area (Å²) in [5, 5.41) is 3.00. The van der Waals surface area contributed by atoms with Crippen molar-refractivity contribution in [1.29, 1.82) is 0 Å². The molecule has 0 spiro atoms. The Kier molecular flexibility index (Phi) is 7.54. The lowest BCUT2D eigenvalue weighted by atomic mass is 10.1. The molecule has 1 aliphatic rings. The lowest BCUT2D eigenvalue weighted by molar-refractivity contribution is -0.145. The van der Waals surface area contributed by atoms with Crippen molar-refractivity contribution >= 4 is 11.9 Å². The minimum atomic E-state index is -0.292. The van der Waals surface area contributed by atoms with E-state index < -0.39 is 0 Å². The smallest absolute Gasteiger partial charge is 0.320 e. The van der Waals surface area contributed by atoms with E-state index in [1.165, 1.54) is 0 Å². The highest BCUT2D eigenvalue weighted by atomic mass is 16.5. The summed E-state index contributed by atoms with van der Waals surface area (Å²) in [6.07, 6.45) is 1.70. The lowest BCUT2D eigenvalue weighted by Crippen LogP contribution is -2.47. The molecule has 1 fully saturated rings. The van der Waals surface area contributed by atoms with Crippen molar-refractivity contribution < 1.29 is 19.1 Å². The summed E-state index contributed by atoms with van der Waals surface area (Å²) in [6, 6.07) is 0.299. The van der Waals surface area contributed by atoms with Gasteiger partial charge < -0.3 is 14.8 Å². The van der Waals surface area contributed by atoms with Crippen molar-refractivity contribution in [3.63, 3.8) is 0 Å². The van der Waals surface area contributed by atoms with Crippen LogP contribution in [-0.4, -0.2) is 61.8 Å². The average Bonchev–Trinajstić information content (AvgIpc) is 2.39. The summed E-state index contributed by atoms with van der Waals surface area (Å²) in [7, 11) is 0. The third-order valence-electron chi connectivity index (χ3n) is 3.30. The molecule has 6 nitrogen and oxygen atoms in total. The van der Waals surface area contributed by atoms with E-state index in [1.807, 2.05) is 18.7 Å². The topological polar surface area (TPSA) is 67.9 Å². The van der Waals surface area contributed by atoms with Crippen LogP contribution in [0.15, 0.2) is 0 Å². The minimum absolute atomic E-state index is 0.0464. The highest BCUT2D eigenvalue weighted by Crippen LogP contribution is 2.06. The predicted molar refractivity (Wildman–Crippen MR) is 75.3 cm³/mol. The van der Waals surface area contributed by atoms with Gasteiger partial charge in [0.15, 0.2) is 0 Å². The Bertz CT molecular complexity index is 314. The molecule has 0 unspecified atom stereocenters. The fraction of sp³-hybridized carbons (Fsp3) is 0.857. The molecule has 0 atom stereocenters. The van der Waals surface area contributed by atoms with E-state index in [0.717, 1.165) is 12.8 Å². The van der Waals surface area contributed by atoms with Crippen LogP contribution in [0.5, 0.6) is 0 Å². The van der Waals surface area contributed by atoms with Crippen LogP contribution in [0.3, 0.4) is 0 Å². The van der Waals surface area contributed by atoms with Gasteiger partial charge in [0, 0.05) is 25.3 Å². The van der Waals surface area contributed by atoms with E-state index in [-0.39, 0.29) is 37.0 Å². The van der Waals surface area contributed by atoms with Crippen LogP contribution in [0.1, 0.15) is 33.6 Å². The maximum atomic E-state index is 12.0. The number of carbonyl (C=O) groups is 2. The molecule has 1 amide bonds. The van der Waals surface area contributed by atoms with Crippen LogP contribution in [0.4, 0.5) is 0 Å². The molecule has 1 N–H and O–H groups in total. The van der Waals surface area contributed by atoms with E-state index in [1.54, 1.807) is 6.92 Å². The van der Waals surface area contributed by atoms with E-state index >= 15 is 0 Å². The first kappa shape index (κ1) is 16.9. The molecular weight excluding hydrogens is 260 g/mol. The van der Waals surface area contributed by atoms with Gasteiger partial charge in [0.2, 0.25) is 5.91 Å². The van der Waals surface area contributed by atoms with Crippen LogP contribution >= 0.6 is 0 Å². The molecule has 6 heteroatoms. The molecule has 0 aromatic carbocycles. The molecular formula is C14H26N2O4. The van der Waals surface area contributed by atoms with Gasteiger partial charge in [0.05, 0.1) is 19.7 Å². The summed E-state index contributed by atoms with van der Waals surface area (Å²) >= 11 is 0. The van der Waals surface area contributed by atoms with Gasteiger partial charge in [-0.25, -0.2) is 0 Å². The molecule has 0 saturated carbocycles. The second-order valence-electron chi connectivity index (χ2n) is 5.26. The zero-order valence-electron chi connectivity index (χ0n) is 12.7. The zero-order chi connectivity index (χ0) is 15.0. The number of nitrogens with zero attached hydrogens (tertiary/aromatic N) is 1. The van der Waals surface area contributed by atoms with Gasteiger partial charge in [-0.05, 0) is 33.6 Å². The molecule has 20 heavy (non-hydrogen) atoms. The third kappa shape index (κ3) is 6.34. The van der Waals surface area contributed by atoms with E-state index in [2.05, 4.69) is 5.32 Å². The molecule has 116 valence electrons. The summed E-state index contributed by atoms with van der Waals surface area (Å²) in [6.45, 7) is 7.81. The van der Waals surface area contributed by atoms with Gasteiger partial charge in [-0.2, -0.15) is 0 Å². The Morgan fingerprint density at radius 3 is 2.50 bits per heavy atom. The Hall–Kier alpha value is -1.14. The van der Waals surface area contributed by atoms with Crippen LogP contribution < -0.4 is 5.32 Å². The maximum Gasteiger partial charge on any atom is 0.320 e. The number of carbonyl (C=O) groups excluding carboxylic acids is 2. The Labute approximate surface area is 120 Å². The molecule has 1 saturated heterocycles. The second kappa shape index (κ2) is 8.92. The SMILES string of the molecule is CCOC(=O)CN(CC(=O)NC1CCOCC1)C(C)C. The number of rotatable bonds is 7. The summed E-state index contributed by atoms with van der Waals surface area (Å²) in [5.74, 6) is -0.338. The zero-order valence-corrected chi connectivity index (χ0v) is 12.7. The van der Waals surface area contributed by atoms with Gasteiger partial charge in [-0.3, -0.25) is 14.5 Å². The van der Waals surface area contributed by atoms with Crippen molar-refractivity contribution in [2.45, 2.75) is 45.7 Å². The first-order valence-electron chi connectivity index (χ1n) is 7.29. The van der Waals surface area contributed by atoms with Crippen molar-refractivity contribution in [2.24, 2.45) is 0 Å². The lowest BCUT2D eigenvalue weighted by Gasteiger charge is -2.27. The number of ether oxygens (including phenoxy) is 2. The fourth-order valence-corrected chi connectivity index (χ4v) is 2.09. The van der Waals surface area contributed by atoms with E-state index in [4.69, 9.17) is 9.47 Å². The van der Waals surface area contributed by atoms with Gasteiger partial charge >= 0.3 is 5.97 Å². The number of nitrogens with one attached hydrogen (secondary N) is 1. The third-order valence-corrected chi connectivity index (χ3v) is 3.30. The highest BCUT2D eigenvalue weighted by Gasteiger charge is 2.21. The van der Waals surface area contributed by atoms with Gasteiger partial charge in [-0.1, -0.05) is 0 Å². The van der Waals surface area contributed by atoms with Crippen LogP contribution in [-0.2, 0) is 19.1 Å². The van der Waals surface area contributed by atoms with Crippen LogP contribution in [0.2, 0.25) is 0 Å². The predicted octanol–water partition coefficient (Wildman–Crippen LogP) is 0.555. The number of amides is 1. The molecule has 1 rings (SSSR count). The highest BCUT2D eigenvalue weighted by molar-refractivity contribution is 5.79. The first-order valence-corrected chi connectivity index (χ1v) is 7.29. The summed E-state index contributed by atoms with van der Waals surface area (Å²) in [4.78, 5) is 25.3. The van der Waals surface area contributed by atoms with E-state index in [0.29, 0.717) is 19.8 Å². The number of esters is 1. The fourth-order valence-electron chi connectivity index (χ4n) is 2.09.